The van der Waals surface area contributed by atoms with Gasteiger partial charge in [-0.15, -0.1) is 0 Å². The normalized spacial score (nSPS) is 17.3. The van der Waals surface area contributed by atoms with Crippen molar-refractivity contribution in [3.63, 3.8) is 0 Å². The van der Waals surface area contributed by atoms with E-state index in [-0.39, 0.29) is 6.03 Å². The number of hydrogen-bond acceptors (Lipinski definition) is 4. The lowest BCUT2D eigenvalue weighted by molar-refractivity contribution is 0.148. The van der Waals surface area contributed by atoms with Crippen LogP contribution in [0.3, 0.4) is 0 Å². The molecule has 2 amide bonds. The second-order valence-corrected chi connectivity index (χ2v) is 8.31. The highest BCUT2D eigenvalue weighted by atomic mass is 16.2. The van der Waals surface area contributed by atoms with Crippen LogP contribution in [0, 0.1) is 0 Å². The third-order valence-corrected chi connectivity index (χ3v) is 6.01. The number of piperidine rings is 1. The van der Waals surface area contributed by atoms with Gasteiger partial charge in [-0.3, -0.25) is 10.00 Å². The number of aryl methyl sites for hydroxylation is 1. The van der Waals surface area contributed by atoms with Crippen molar-refractivity contribution >= 4 is 12.1 Å². The smallest absolute Gasteiger partial charge is 0.322 e. The molecule has 0 radical (unpaired) electrons. The van der Waals surface area contributed by atoms with Gasteiger partial charge in [-0.05, 0) is 55.8 Å². The summed E-state index contributed by atoms with van der Waals surface area (Å²) in [5.41, 5.74) is 4.63. The fourth-order valence-electron chi connectivity index (χ4n) is 4.13. The van der Waals surface area contributed by atoms with Gasteiger partial charge in [0.1, 0.15) is 5.82 Å². The fraction of sp³-hybridized carbons (Fsp3) is 0.455. The molecule has 1 fully saturated rings. The van der Waals surface area contributed by atoms with Crippen LogP contribution in [-0.2, 0) is 13.6 Å². The average molecular weight is 395 g/mol. The highest BCUT2D eigenvalue weighted by Crippen LogP contribution is 2.28. The molecular weight excluding hydrogens is 364 g/mol. The van der Waals surface area contributed by atoms with E-state index in [0.29, 0.717) is 6.04 Å². The molecule has 0 bridgehead atoms. The molecule has 7 heteroatoms. The standard InChI is InChI=1S/C22H30N6O/c1-25(2)20-7-9-28(10-8-20)22(29)24-21-12-18-11-16(19-13-23-27(4)15-19)5-6-17(18)14-26(21)3/h5-6,11-13,15,20H,7-10,14H2,1-4H3,(H,24,29). The summed E-state index contributed by atoms with van der Waals surface area (Å²) in [6.45, 7) is 2.37. The van der Waals surface area contributed by atoms with E-state index in [4.69, 9.17) is 0 Å². The first-order valence-electron chi connectivity index (χ1n) is 10.2. The van der Waals surface area contributed by atoms with E-state index in [0.717, 1.165) is 55.0 Å². The molecule has 0 unspecified atom stereocenters. The number of rotatable bonds is 3. The molecule has 1 N–H and O–H groups in total. The van der Waals surface area contributed by atoms with Gasteiger partial charge in [0.05, 0.1) is 6.20 Å². The van der Waals surface area contributed by atoms with Crippen LogP contribution in [0.4, 0.5) is 4.79 Å². The maximum absolute atomic E-state index is 12.8. The van der Waals surface area contributed by atoms with E-state index in [9.17, 15) is 4.79 Å². The van der Waals surface area contributed by atoms with Crippen molar-refractivity contribution in [1.29, 1.82) is 0 Å². The van der Waals surface area contributed by atoms with Gasteiger partial charge >= 0.3 is 6.03 Å². The Bertz CT molecular complexity index is 923. The fourth-order valence-corrected chi connectivity index (χ4v) is 4.13. The zero-order chi connectivity index (χ0) is 20.5. The molecule has 1 aromatic carbocycles. The van der Waals surface area contributed by atoms with E-state index < -0.39 is 0 Å². The van der Waals surface area contributed by atoms with Gasteiger partial charge in [-0.1, -0.05) is 12.1 Å². The molecule has 2 aromatic rings. The number of hydrogen-bond donors (Lipinski definition) is 1. The Morgan fingerprint density at radius 2 is 1.93 bits per heavy atom. The Labute approximate surface area is 172 Å². The van der Waals surface area contributed by atoms with Crippen LogP contribution < -0.4 is 5.32 Å². The van der Waals surface area contributed by atoms with Crippen LogP contribution in [-0.4, -0.2) is 70.8 Å². The van der Waals surface area contributed by atoms with Gasteiger partial charge in [0.2, 0.25) is 0 Å². The van der Waals surface area contributed by atoms with Crippen molar-refractivity contribution in [3.8, 4) is 11.1 Å². The van der Waals surface area contributed by atoms with E-state index >= 15 is 0 Å². The van der Waals surface area contributed by atoms with Crippen LogP contribution in [0.15, 0.2) is 36.4 Å². The maximum Gasteiger partial charge on any atom is 0.322 e. The van der Waals surface area contributed by atoms with E-state index in [1.165, 1.54) is 5.56 Å². The Balaban J connectivity index is 1.48. The number of fused-ring (bicyclic) bond motifs is 1. The summed E-state index contributed by atoms with van der Waals surface area (Å²) in [4.78, 5) is 19.1. The number of urea groups is 1. The Hall–Kier alpha value is -2.80. The molecule has 0 atom stereocenters. The Morgan fingerprint density at radius 3 is 2.59 bits per heavy atom. The van der Waals surface area contributed by atoms with Crippen molar-refractivity contribution in [3.05, 3.63) is 47.5 Å². The van der Waals surface area contributed by atoms with Gasteiger partial charge in [-0.2, -0.15) is 5.10 Å². The van der Waals surface area contributed by atoms with Crippen molar-refractivity contribution in [2.24, 2.45) is 7.05 Å². The molecule has 2 aliphatic heterocycles. The Kier molecular flexibility index (Phi) is 5.32. The van der Waals surface area contributed by atoms with Crippen molar-refractivity contribution in [1.82, 2.24) is 29.8 Å². The molecule has 3 heterocycles. The first-order chi connectivity index (χ1) is 13.9. The minimum atomic E-state index is -0.00725. The molecule has 7 nitrogen and oxygen atoms in total. The van der Waals surface area contributed by atoms with Crippen LogP contribution in [0.5, 0.6) is 0 Å². The van der Waals surface area contributed by atoms with E-state index in [1.807, 2.05) is 36.1 Å². The molecule has 1 aromatic heterocycles. The lowest BCUT2D eigenvalue weighted by Gasteiger charge is -2.36. The predicted octanol–water partition coefficient (Wildman–Crippen LogP) is 2.57. The first-order valence-corrected chi connectivity index (χ1v) is 10.2. The van der Waals surface area contributed by atoms with Crippen molar-refractivity contribution in [2.75, 3.05) is 34.2 Å². The molecule has 1 saturated heterocycles. The molecule has 4 rings (SSSR count). The number of carbonyl (C=O) groups is 1. The van der Waals surface area contributed by atoms with E-state index in [1.54, 1.807) is 0 Å². The number of nitrogens with one attached hydrogen (secondary N) is 1. The van der Waals surface area contributed by atoms with Crippen LogP contribution in [0.1, 0.15) is 24.0 Å². The molecule has 0 saturated carbocycles. The monoisotopic (exact) mass is 394 g/mol. The second-order valence-electron chi connectivity index (χ2n) is 8.31. The number of nitrogens with zero attached hydrogens (tertiary/aromatic N) is 5. The van der Waals surface area contributed by atoms with E-state index in [2.05, 4.69) is 58.6 Å². The Morgan fingerprint density at radius 1 is 1.17 bits per heavy atom. The minimum absolute atomic E-state index is 0.00725. The van der Waals surface area contributed by atoms with Crippen LogP contribution >= 0.6 is 0 Å². The first kappa shape index (κ1) is 19.5. The maximum atomic E-state index is 12.8. The second kappa shape index (κ2) is 7.91. The number of amides is 2. The van der Waals surface area contributed by atoms with Gasteiger partial charge in [0.15, 0.2) is 0 Å². The van der Waals surface area contributed by atoms with Gasteiger partial charge < -0.3 is 14.7 Å². The zero-order valence-corrected chi connectivity index (χ0v) is 17.7. The highest BCUT2D eigenvalue weighted by molar-refractivity contribution is 5.78. The van der Waals surface area contributed by atoms with Crippen molar-refractivity contribution in [2.45, 2.75) is 25.4 Å². The topological polar surface area (TPSA) is 56.6 Å². The summed E-state index contributed by atoms with van der Waals surface area (Å²) in [5.74, 6) is 0.848. The quantitative estimate of drug-likeness (QED) is 0.869. The number of likely N-dealkylation sites (tertiary alicyclic amines) is 1. The minimum Gasteiger partial charge on any atom is -0.357 e. The number of carbonyl (C=O) groups excluding carboxylic acids is 1. The zero-order valence-electron chi connectivity index (χ0n) is 17.7. The van der Waals surface area contributed by atoms with Gasteiger partial charge in [-0.25, -0.2) is 4.79 Å². The predicted molar refractivity (Wildman–Crippen MR) is 115 cm³/mol. The van der Waals surface area contributed by atoms with Crippen molar-refractivity contribution < 1.29 is 4.79 Å². The molecule has 154 valence electrons. The summed E-state index contributed by atoms with van der Waals surface area (Å²) in [6, 6.07) is 7.03. The summed E-state index contributed by atoms with van der Waals surface area (Å²) >= 11 is 0. The largest absolute Gasteiger partial charge is 0.357 e. The molecule has 29 heavy (non-hydrogen) atoms. The average Bonchev–Trinajstić information content (AvgIpc) is 3.14. The lowest BCUT2D eigenvalue weighted by Crippen LogP contribution is -2.49. The molecule has 2 aliphatic rings. The third kappa shape index (κ3) is 4.15. The number of benzene rings is 1. The third-order valence-electron chi connectivity index (χ3n) is 6.01. The SMILES string of the molecule is CN1Cc2ccc(-c3cnn(C)c3)cc2C=C1NC(=O)N1CCC(N(C)C)CC1. The summed E-state index contributed by atoms with van der Waals surface area (Å²) < 4.78 is 1.81. The summed E-state index contributed by atoms with van der Waals surface area (Å²) in [5, 5.41) is 7.40. The van der Waals surface area contributed by atoms with Gasteiger partial charge in [0.25, 0.3) is 0 Å². The highest BCUT2D eigenvalue weighted by Gasteiger charge is 2.25. The lowest BCUT2D eigenvalue weighted by atomic mass is 9.98. The van der Waals surface area contributed by atoms with Crippen LogP contribution in [0.2, 0.25) is 0 Å². The molecular formula is C22H30N6O. The van der Waals surface area contributed by atoms with Crippen LogP contribution in [0.25, 0.3) is 17.2 Å². The van der Waals surface area contributed by atoms with Gasteiger partial charge in [0, 0.05) is 51.5 Å². The molecule has 0 aliphatic carbocycles. The summed E-state index contributed by atoms with van der Waals surface area (Å²) in [6.07, 6.45) is 8.00. The summed E-state index contributed by atoms with van der Waals surface area (Å²) in [7, 11) is 8.16. The number of aromatic nitrogens is 2. The molecule has 0 spiro atoms.